The van der Waals surface area contributed by atoms with Gasteiger partial charge in [-0.05, 0) is 19.1 Å². The molecule has 0 fully saturated rings. The van der Waals surface area contributed by atoms with Gasteiger partial charge >= 0.3 is 0 Å². The average molecular weight is 302 g/mol. The van der Waals surface area contributed by atoms with E-state index >= 15 is 0 Å². The molecule has 0 radical (unpaired) electrons. The molecule has 0 amide bonds. The number of nitrogens with two attached hydrogens (primary N) is 1. The Morgan fingerprint density at radius 3 is 2.75 bits per heavy atom. The van der Waals surface area contributed by atoms with Gasteiger partial charge in [0.1, 0.15) is 5.69 Å². The summed E-state index contributed by atoms with van der Waals surface area (Å²) in [6, 6.07) is 7.18. The summed E-state index contributed by atoms with van der Waals surface area (Å²) in [6.07, 6.45) is 0. The third kappa shape index (κ3) is 2.29. The van der Waals surface area contributed by atoms with Crippen molar-refractivity contribution in [3.63, 3.8) is 0 Å². The van der Waals surface area contributed by atoms with Gasteiger partial charge in [0, 0.05) is 21.1 Å². The molecular formula is C11H10BrClN2O. The molecule has 0 spiro atoms. The maximum atomic E-state index is 5.87. The highest BCUT2D eigenvalue weighted by Crippen LogP contribution is 2.30. The van der Waals surface area contributed by atoms with Crippen LogP contribution in [0.2, 0.25) is 5.02 Å². The zero-order valence-corrected chi connectivity index (χ0v) is 10.9. The summed E-state index contributed by atoms with van der Waals surface area (Å²) in [7, 11) is 0. The summed E-state index contributed by atoms with van der Waals surface area (Å²) < 4.78 is 6.02. The van der Waals surface area contributed by atoms with E-state index in [1.165, 1.54) is 0 Å². The van der Waals surface area contributed by atoms with Crippen molar-refractivity contribution in [3.8, 4) is 11.3 Å². The highest BCUT2D eigenvalue weighted by molar-refractivity contribution is 9.10. The molecule has 1 atom stereocenters. The molecule has 2 aromatic rings. The van der Waals surface area contributed by atoms with Crippen molar-refractivity contribution in [2.45, 2.75) is 13.0 Å². The Labute approximate surface area is 107 Å². The number of hydrogen-bond acceptors (Lipinski definition) is 3. The van der Waals surface area contributed by atoms with E-state index in [4.69, 9.17) is 21.9 Å². The van der Waals surface area contributed by atoms with Crippen molar-refractivity contribution in [2.75, 3.05) is 0 Å². The molecule has 1 heterocycles. The van der Waals surface area contributed by atoms with Crippen molar-refractivity contribution in [1.82, 2.24) is 5.16 Å². The Morgan fingerprint density at radius 1 is 1.44 bits per heavy atom. The van der Waals surface area contributed by atoms with Crippen LogP contribution in [0.5, 0.6) is 0 Å². The molecule has 1 aromatic heterocycles. The summed E-state index contributed by atoms with van der Waals surface area (Å²) >= 11 is 9.30. The number of benzene rings is 1. The quantitative estimate of drug-likeness (QED) is 0.918. The lowest BCUT2D eigenvalue weighted by Crippen LogP contribution is -2.02. The zero-order valence-electron chi connectivity index (χ0n) is 8.58. The predicted octanol–water partition coefficient (Wildman–Crippen LogP) is 3.78. The van der Waals surface area contributed by atoms with E-state index < -0.39 is 0 Å². The highest BCUT2D eigenvalue weighted by Gasteiger charge is 2.12. The van der Waals surface area contributed by atoms with E-state index in [9.17, 15) is 0 Å². The average Bonchev–Trinajstić information content (AvgIpc) is 2.66. The summed E-state index contributed by atoms with van der Waals surface area (Å²) in [5.41, 5.74) is 7.38. The summed E-state index contributed by atoms with van der Waals surface area (Å²) in [4.78, 5) is 0. The van der Waals surface area contributed by atoms with E-state index in [-0.39, 0.29) is 6.04 Å². The first-order valence-corrected chi connectivity index (χ1v) is 5.92. The van der Waals surface area contributed by atoms with E-state index in [0.717, 1.165) is 15.7 Å². The number of nitrogens with zero attached hydrogens (tertiary/aromatic N) is 1. The van der Waals surface area contributed by atoms with Crippen LogP contribution in [0.15, 0.2) is 33.3 Å². The van der Waals surface area contributed by atoms with Gasteiger partial charge in [0.05, 0.1) is 6.04 Å². The van der Waals surface area contributed by atoms with Crippen molar-refractivity contribution in [2.24, 2.45) is 5.73 Å². The minimum atomic E-state index is -0.160. The number of aromatic nitrogens is 1. The van der Waals surface area contributed by atoms with E-state index in [2.05, 4.69) is 21.1 Å². The Bertz CT molecular complexity index is 510. The Morgan fingerprint density at radius 2 is 2.19 bits per heavy atom. The molecule has 0 saturated carbocycles. The molecule has 0 saturated heterocycles. The van der Waals surface area contributed by atoms with E-state index in [1.807, 2.05) is 31.2 Å². The van der Waals surface area contributed by atoms with Crippen LogP contribution in [0, 0.1) is 0 Å². The number of halogens is 2. The molecule has 0 aliphatic carbocycles. The van der Waals surface area contributed by atoms with Gasteiger partial charge in [-0.3, -0.25) is 0 Å². The molecule has 84 valence electrons. The second-order valence-electron chi connectivity index (χ2n) is 3.53. The summed E-state index contributed by atoms with van der Waals surface area (Å²) in [5.74, 6) is 0.664. The maximum Gasteiger partial charge on any atom is 0.153 e. The second-order valence-corrected chi connectivity index (χ2v) is 4.82. The lowest BCUT2D eigenvalue weighted by atomic mass is 10.1. The number of hydrogen-bond donors (Lipinski definition) is 1. The number of rotatable bonds is 2. The van der Waals surface area contributed by atoms with Gasteiger partial charge in [-0.1, -0.05) is 38.8 Å². The third-order valence-corrected chi connectivity index (χ3v) is 3.08. The van der Waals surface area contributed by atoms with Crippen molar-refractivity contribution in [1.29, 1.82) is 0 Å². The van der Waals surface area contributed by atoms with E-state index in [0.29, 0.717) is 10.8 Å². The lowest BCUT2D eigenvalue weighted by molar-refractivity contribution is 0.369. The predicted molar refractivity (Wildman–Crippen MR) is 67.3 cm³/mol. The molecule has 5 heteroatoms. The summed E-state index contributed by atoms with van der Waals surface area (Å²) in [6.45, 7) is 1.85. The van der Waals surface area contributed by atoms with Crippen LogP contribution < -0.4 is 5.73 Å². The van der Waals surface area contributed by atoms with Gasteiger partial charge in [-0.15, -0.1) is 0 Å². The SMILES string of the molecule is CC(N)c1cc(-c2ccc(Cl)cc2Br)no1. The monoisotopic (exact) mass is 300 g/mol. The van der Waals surface area contributed by atoms with Crippen LogP contribution in [0.4, 0.5) is 0 Å². The molecule has 0 aliphatic heterocycles. The first-order valence-electron chi connectivity index (χ1n) is 4.75. The Balaban J connectivity index is 2.42. The van der Waals surface area contributed by atoms with Crippen LogP contribution in [0.1, 0.15) is 18.7 Å². The van der Waals surface area contributed by atoms with Crippen LogP contribution in [-0.4, -0.2) is 5.16 Å². The molecule has 3 nitrogen and oxygen atoms in total. The minimum absolute atomic E-state index is 0.160. The largest absolute Gasteiger partial charge is 0.359 e. The van der Waals surface area contributed by atoms with Crippen LogP contribution in [0.25, 0.3) is 11.3 Å². The van der Waals surface area contributed by atoms with Crippen LogP contribution >= 0.6 is 27.5 Å². The first kappa shape index (κ1) is 11.6. The molecule has 16 heavy (non-hydrogen) atoms. The molecule has 2 N–H and O–H groups in total. The van der Waals surface area contributed by atoms with Crippen molar-refractivity contribution >= 4 is 27.5 Å². The van der Waals surface area contributed by atoms with Crippen LogP contribution in [-0.2, 0) is 0 Å². The van der Waals surface area contributed by atoms with Crippen molar-refractivity contribution in [3.05, 3.63) is 39.5 Å². The van der Waals surface area contributed by atoms with Gasteiger partial charge in [0.15, 0.2) is 5.76 Å². The van der Waals surface area contributed by atoms with E-state index in [1.54, 1.807) is 0 Å². The lowest BCUT2D eigenvalue weighted by Gasteiger charge is -1.99. The molecule has 1 unspecified atom stereocenters. The molecule has 0 aliphatic rings. The molecule has 2 rings (SSSR count). The third-order valence-electron chi connectivity index (χ3n) is 2.18. The second kappa shape index (κ2) is 4.57. The normalized spacial score (nSPS) is 12.8. The minimum Gasteiger partial charge on any atom is -0.359 e. The fraction of sp³-hybridized carbons (Fsp3) is 0.182. The zero-order chi connectivity index (χ0) is 11.7. The van der Waals surface area contributed by atoms with Gasteiger partial charge in [0.25, 0.3) is 0 Å². The Kier molecular flexibility index (Phi) is 3.33. The molecular weight excluding hydrogens is 291 g/mol. The highest BCUT2D eigenvalue weighted by atomic mass is 79.9. The van der Waals surface area contributed by atoms with Gasteiger partial charge in [-0.25, -0.2) is 0 Å². The summed E-state index contributed by atoms with van der Waals surface area (Å²) in [5, 5.41) is 4.64. The Hall–Kier alpha value is -0.840. The van der Waals surface area contributed by atoms with Gasteiger partial charge in [-0.2, -0.15) is 0 Å². The molecule has 1 aromatic carbocycles. The first-order chi connectivity index (χ1) is 7.58. The standard InChI is InChI=1S/C11H10BrClN2O/c1-6(14)11-5-10(15-16-11)8-3-2-7(13)4-9(8)12/h2-6H,14H2,1H3. The van der Waals surface area contributed by atoms with Crippen molar-refractivity contribution < 1.29 is 4.52 Å². The molecule has 0 bridgehead atoms. The van der Waals surface area contributed by atoms with Crippen LogP contribution in [0.3, 0.4) is 0 Å². The van der Waals surface area contributed by atoms with Gasteiger partial charge < -0.3 is 10.3 Å². The van der Waals surface area contributed by atoms with Gasteiger partial charge in [0.2, 0.25) is 0 Å². The fourth-order valence-corrected chi connectivity index (χ4v) is 2.21. The fourth-order valence-electron chi connectivity index (χ4n) is 1.33. The maximum absolute atomic E-state index is 5.87. The smallest absolute Gasteiger partial charge is 0.153 e. The topological polar surface area (TPSA) is 52.0 Å².